The van der Waals surface area contributed by atoms with Crippen molar-refractivity contribution < 1.29 is 4.39 Å². The number of piperidine rings is 1. The maximum absolute atomic E-state index is 13.6. The minimum Gasteiger partial charge on any atom is -0.382 e. The van der Waals surface area contributed by atoms with Crippen molar-refractivity contribution in [2.75, 3.05) is 13.1 Å². The maximum atomic E-state index is 13.6. The van der Waals surface area contributed by atoms with Crippen LogP contribution >= 0.6 is 15.9 Å². The molecule has 5 rings (SSSR count). The van der Waals surface area contributed by atoms with Crippen LogP contribution in [0.1, 0.15) is 24.0 Å². The molecule has 3 aliphatic rings. The molecule has 1 fully saturated rings. The quantitative estimate of drug-likeness (QED) is 0.638. The lowest BCUT2D eigenvalue weighted by atomic mass is 9.90. The standard InChI is InChI=1S/C25H25BrFN5/c26-21-14-30-25-23(29-13-18-5-2-8-28-12-18)11-22(31-24(21)25)19-6-3-9-32(16-19)15-17-4-1-7-20(27)10-17/h1-2,4-5,7-8,10-12,14,19,25,29H,3,6,9,13,15-16H2. The van der Waals surface area contributed by atoms with E-state index < -0.39 is 0 Å². The molecule has 0 spiro atoms. The number of allylic oxidation sites excluding steroid dienone is 2. The maximum Gasteiger partial charge on any atom is 0.132 e. The lowest BCUT2D eigenvalue weighted by molar-refractivity contribution is 0.196. The van der Waals surface area contributed by atoms with Gasteiger partial charge in [-0.2, -0.15) is 0 Å². The van der Waals surface area contributed by atoms with E-state index in [4.69, 9.17) is 4.99 Å². The second kappa shape index (κ2) is 9.46. The topological polar surface area (TPSA) is 52.9 Å². The molecule has 3 aliphatic heterocycles. The number of aromatic nitrogens is 1. The molecule has 0 bridgehead atoms. The monoisotopic (exact) mass is 493 g/mol. The molecular formula is C25H25BrFN5. The first-order valence-electron chi connectivity index (χ1n) is 11.0. The predicted octanol–water partition coefficient (Wildman–Crippen LogP) is 4.62. The van der Waals surface area contributed by atoms with Gasteiger partial charge < -0.3 is 5.32 Å². The van der Waals surface area contributed by atoms with E-state index in [-0.39, 0.29) is 11.9 Å². The Balaban J connectivity index is 1.33. The third-order valence-electron chi connectivity index (χ3n) is 6.13. The van der Waals surface area contributed by atoms with Crippen LogP contribution in [0.15, 0.2) is 80.7 Å². The van der Waals surface area contributed by atoms with Crippen LogP contribution in [0.5, 0.6) is 0 Å². The molecule has 2 unspecified atom stereocenters. The number of likely N-dealkylation sites (tertiary alicyclic amines) is 1. The molecule has 164 valence electrons. The Labute approximate surface area is 196 Å². The summed E-state index contributed by atoms with van der Waals surface area (Å²) in [7, 11) is 0. The molecule has 4 heterocycles. The summed E-state index contributed by atoms with van der Waals surface area (Å²) in [6.45, 7) is 3.39. The van der Waals surface area contributed by atoms with Crippen molar-refractivity contribution in [1.29, 1.82) is 0 Å². The van der Waals surface area contributed by atoms with Crippen LogP contribution in [0.25, 0.3) is 0 Å². The van der Waals surface area contributed by atoms with E-state index in [0.717, 1.165) is 65.2 Å². The van der Waals surface area contributed by atoms with Crippen molar-refractivity contribution in [2.24, 2.45) is 15.9 Å². The van der Waals surface area contributed by atoms with Crippen molar-refractivity contribution in [3.05, 3.63) is 87.7 Å². The van der Waals surface area contributed by atoms with E-state index in [0.29, 0.717) is 12.5 Å². The smallest absolute Gasteiger partial charge is 0.132 e. The molecule has 0 aliphatic carbocycles. The van der Waals surface area contributed by atoms with Crippen molar-refractivity contribution >= 4 is 27.9 Å². The average molecular weight is 494 g/mol. The van der Waals surface area contributed by atoms with Crippen LogP contribution in [0.4, 0.5) is 4.39 Å². The Hall–Kier alpha value is -2.64. The van der Waals surface area contributed by atoms with Gasteiger partial charge >= 0.3 is 0 Å². The summed E-state index contributed by atoms with van der Waals surface area (Å²) in [5.74, 6) is 0.158. The first-order chi connectivity index (χ1) is 15.7. The lowest BCUT2D eigenvalue weighted by Gasteiger charge is -2.34. The predicted molar refractivity (Wildman–Crippen MR) is 129 cm³/mol. The summed E-state index contributed by atoms with van der Waals surface area (Å²) in [6, 6.07) is 10.8. The molecule has 0 radical (unpaired) electrons. The van der Waals surface area contributed by atoms with Crippen LogP contribution in [-0.4, -0.2) is 40.9 Å². The second-order valence-corrected chi connectivity index (χ2v) is 9.32. The van der Waals surface area contributed by atoms with Crippen LogP contribution in [0.3, 0.4) is 0 Å². The average Bonchev–Trinajstić information content (AvgIpc) is 3.19. The zero-order chi connectivity index (χ0) is 21.9. The molecule has 1 aromatic heterocycles. The highest BCUT2D eigenvalue weighted by Crippen LogP contribution is 2.33. The zero-order valence-electron chi connectivity index (χ0n) is 17.7. The number of rotatable bonds is 6. The van der Waals surface area contributed by atoms with Gasteiger partial charge in [-0.15, -0.1) is 0 Å². The van der Waals surface area contributed by atoms with Crippen LogP contribution in [-0.2, 0) is 13.1 Å². The van der Waals surface area contributed by atoms with E-state index in [1.54, 1.807) is 18.3 Å². The van der Waals surface area contributed by atoms with Gasteiger partial charge in [0.25, 0.3) is 0 Å². The van der Waals surface area contributed by atoms with E-state index in [9.17, 15) is 4.39 Å². The van der Waals surface area contributed by atoms with Gasteiger partial charge in [0.15, 0.2) is 0 Å². The van der Waals surface area contributed by atoms with Gasteiger partial charge in [0.2, 0.25) is 0 Å². The van der Waals surface area contributed by atoms with Gasteiger partial charge in [0.1, 0.15) is 11.9 Å². The number of benzene rings is 1. The Morgan fingerprint density at radius 3 is 2.94 bits per heavy atom. The largest absolute Gasteiger partial charge is 0.382 e. The summed E-state index contributed by atoms with van der Waals surface area (Å²) in [6.07, 6.45) is 9.90. The molecule has 0 saturated carbocycles. The summed E-state index contributed by atoms with van der Waals surface area (Å²) in [5.41, 5.74) is 5.28. The number of nitrogens with one attached hydrogen (secondary N) is 1. The Morgan fingerprint density at radius 1 is 1.19 bits per heavy atom. The first-order valence-corrected chi connectivity index (χ1v) is 11.8. The van der Waals surface area contributed by atoms with Gasteiger partial charge in [0.05, 0.1) is 10.2 Å². The molecule has 0 amide bonds. The molecule has 32 heavy (non-hydrogen) atoms. The molecule has 1 saturated heterocycles. The normalized spacial score (nSPS) is 23.1. The van der Waals surface area contributed by atoms with Crippen LogP contribution in [0.2, 0.25) is 0 Å². The zero-order valence-corrected chi connectivity index (χ0v) is 19.3. The summed E-state index contributed by atoms with van der Waals surface area (Å²) < 4.78 is 14.6. The van der Waals surface area contributed by atoms with E-state index in [2.05, 4.69) is 48.3 Å². The summed E-state index contributed by atoms with van der Waals surface area (Å²) >= 11 is 3.63. The molecule has 1 N–H and O–H groups in total. The van der Waals surface area contributed by atoms with E-state index >= 15 is 0 Å². The van der Waals surface area contributed by atoms with Gasteiger partial charge in [-0.05, 0) is 70.7 Å². The third-order valence-corrected chi connectivity index (χ3v) is 6.74. The SMILES string of the molecule is Fc1cccc(CN2CCCC(C3=NC4=C(Br)C=NC4C(NCc4cccnc4)=C3)C2)c1. The number of hydrogen-bond donors (Lipinski definition) is 1. The molecule has 7 heteroatoms. The van der Waals surface area contributed by atoms with Crippen molar-refractivity contribution in [2.45, 2.75) is 32.0 Å². The highest BCUT2D eigenvalue weighted by Gasteiger charge is 2.32. The third kappa shape index (κ3) is 4.74. The Morgan fingerprint density at radius 2 is 2.09 bits per heavy atom. The first kappa shape index (κ1) is 21.2. The van der Waals surface area contributed by atoms with Gasteiger partial charge in [0, 0.05) is 55.6 Å². The minimum absolute atomic E-state index is 0.0863. The second-order valence-electron chi connectivity index (χ2n) is 8.47. The number of fused-ring (bicyclic) bond motifs is 1. The minimum atomic E-state index is -0.177. The fourth-order valence-corrected chi connectivity index (χ4v) is 4.98. The molecule has 5 nitrogen and oxygen atoms in total. The van der Waals surface area contributed by atoms with Crippen molar-refractivity contribution in [3.8, 4) is 0 Å². The van der Waals surface area contributed by atoms with Gasteiger partial charge in [-0.25, -0.2) is 4.39 Å². The lowest BCUT2D eigenvalue weighted by Crippen LogP contribution is -2.39. The van der Waals surface area contributed by atoms with E-state index in [1.165, 1.54) is 6.07 Å². The summed E-state index contributed by atoms with van der Waals surface area (Å²) in [5, 5.41) is 3.57. The number of aliphatic imine (C=N–C) groups is 2. The highest BCUT2D eigenvalue weighted by atomic mass is 79.9. The molecule has 2 aromatic rings. The number of nitrogens with zero attached hydrogens (tertiary/aromatic N) is 4. The fourth-order valence-electron chi connectivity index (χ4n) is 4.56. The van der Waals surface area contributed by atoms with Crippen molar-refractivity contribution in [1.82, 2.24) is 15.2 Å². The molecule has 1 aromatic carbocycles. The van der Waals surface area contributed by atoms with E-state index in [1.807, 2.05) is 24.5 Å². The van der Waals surface area contributed by atoms with Gasteiger partial charge in [-0.3, -0.25) is 19.9 Å². The van der Waals surface area contributed by atoms with Crippen LogP contribution in [0, 0.1) is 11.7 Å². The number of pyridine rings is 1. The van der Waals surface area contributed by atoms with Crippen LogP contribution < -0.4 is 5.32 Å². The Bertz CT molecular complexity index is 1110. The summed E-state index contributed by atoms with van der Waals surface area (Å²) in [4.78, 5) is 16.3. The van der Waals surface area contributed by atoms with Gasteiger partial charge in [-0.1, -0.05) is 18.2 Å². The van der Waals surface area contributed by atoms with Crippen molar-refractivity contribution in [3.63, 3.8) is 0 Å². The molecule has 2 atom stereocenters. The number of hydrogen-bond acceptors (Lipinski definition) is 5. The number of halogens is 2. The fraction of sp³-hybridized carbons (Fsp3) is 0.320. The number of dihydropyridines is 1. The highest BCUT2D eigenvalue weighted by molar-refractivity contribution is 9.12. The Kier molecular flexibility index (Phi) is 6.28. The molecular weight excluding hydrogens is 469 g/mol.